The van der Waals surface area contributed by atoms with E-state index >= 15 is 0 Å². The van der Waals surface area contributed by atoms with Crippen LogP contribution in [0.4, 0.5) is 4.39 Å². The lowest BCUT2D eigenvalue weighted by atomic mass is 9.75. The number of halogens is 1. The normalized spacial score (nSPS) is 19.9. The first-order valence-electron chi connectivity index (χ1n) is 11.2. The van der Waals surface area contributed by atoms with E-state index in [1.165, 1.54) is 6.07 Å². The van der Waals surface area contributed by atoms with Crippen molar-refractivity contribution in [3.8, 4) is 5.69 Å². The first kappa shape index (κ1) is 21.3. The fourth-order valence-corrected chi connectivity index (χ4v) is 5.23. The molecule has 1 aromatic heterocycles. The number of piperidine rings is 1. The zero-order chi connectivity index (χ0) is 23.0. The van der Waals surface area contributed by atoms with Crippen molar-refractivity contribution in [1.82, 2.24) is 24.6 Å². The van der Waals surface area contributed by atoms with Crippen LogP contribution < -0.4 is 0 Å². The molecule has 0 radical (unpaired) electrons. The second-order valence-corrected chi connectivity index (χ2v) is 9.10. The predicted molar refractivity (Wildman–Crippen MR) is 120 cm³/mol. The SMILES string of the molecule is CN1C(=O)C2(CCN(C(=O)c3cccc(-n4cnnc4)c3)CC2)C[C@@H]1Cc1cccc(F)c1. The summed E-state index contributed by atoms with van der Waals surface area (Å²) in [5.41, 5.74) is 1.90. The molecule has 2 amide bonds. The van der Waals surface area contributed by atoms with Gasteiger partial charge in [0.05, 0.1) is 5.41 Å². The van der Waals surface area contributed by atoms with Crippen LogP contribution in [0.15, 0.2) is 61.2 Å². The minimum atomic E-state index is -0.437. The molecule has 0 N–H and O–H groups in total. The highest BCUT2D eigenvalue weighted by atomic mass is 19.1. The number of carbonyl (C=O) groups is 2. The van der Waals surface area contributed by atoms with Crippen LogP contribution in [0, 0.1) is 11.2 Å². The van der Waals surface area contributed by atoms with Gasteiger partial charge in [-0.2, -0.15) is 0 Å². The van der Waals surface area contributed by atoms with Crippen LogP contribution in [0.2, 0.25) is 0 Å². The van der Waals surface area contributed by atoms with Gasteiger partial charge in [0.25, 0.3) is 5.91 Å². The minimum absolute atomic E-state index is 0.0325. The van der Waals surface area contributed by atoms with E-state index in [-0.39, 0.29) is 23.7 Å². The second-order valence-electron chi connectivity index (χ2n) is 9.10. The molecule has 2 fully saturated rings. The summed E-state index contributed by atoms with van der Waals surface area (Å²) in [6, 6.07) is 14.0. The molecule has 3 aromatic rings. The number of nitrogens with zero attached hydrogens (tertiary/aromatic N) is 5. The van der Waals surface area contributed by atoms with E-state index < -0.39 is 5.41 Å². The zero-order valence-electron chi connectivity index (χ0n) is 18.5. The molecule has 2 aliphatic heterocycles. The Morgan fingerprint density at radius 3 is 2.55 bits per heavy atom. The Bertz CT molecular complexity index is 1170. The molecule has 2 saturated heterocycles. The zero-order valence-corrected chi connectivity index (χ0v) is 18.5. The van der Waals surface area contributed by atoms with Gasteiger partial charge in [0.2, 0.25) is 5.91 Å². The third kappa shape index (κ3) is 4.01. The van der Waals surface area contributed by atoms with E-state index in [4.69, 9.17) is 0 Å². The van der Waals surface area contributed by atoms with Gasteiger partial charge >= 0.3 is 0 Å². The molecule has 1 spiro atoms. The number of hydrogen-bond donors (Lipinski definition) is 0. The summed E-state index contributed by atoms with van der Waals surface area (Å²) in [6.45, 7) is 1.09. The monoisotopic (exact) mass is 447 g/mol. The average molecular weight is 448 g/mol. The van der Waals surface area contributed by atoms with Gasteiger partial charge in [-0.25, -0.2) is 4.39 Å². The summed E-state index contributed by atoms with van der Waals surface area (Å²) in [7, 11) is 1.84. The Balaban J connectivity index is 1.26. The number of benzene rings is 2. The number of hydrogen-bond acceptors (Lipinski definition) is 4. The van der Waals surface area contributed by atoms with E-state index in [0.717, 1.165) is 17.7 Å². The first-order chi connectivity index (χ1) is 15.9. The van der Waals surface area contributed by atoms with Gasteiger partial charge in [0, 0.05) is 37.4 Å². The third-order valence-corrected chi connectivity index (χ3v) is 7.13. The average Bonchev–Trinajstić information content (AvgIpc) is 3.44. The number of carbonyl (C=O) groups excluding carboxylic acids is 2. The maximum absolute atomic E-state index is 13.6. The standard InChI is InChI=1S/C25H26FN5O2/c1-29-22(13-18-4-2-6-20(26)12-18)15-25(24(29)33)8-10-30(11-9-25)23(32)19-5-3-7-21(14-19)31-16-27-28-17-31/h2-7,12,14,16-17,22H,8-11,13,15H2,1H3/t22-/m0/s1. The molecule has 0 aliphatic carbocycles. The van der Waals surface area contributed by atoms with Gasteiger partial charge in [0.15, 0.2) is 0 Å². The van der Waals surface area contributed by atoms with Crippen LogP contribution in [0.3, 0.4) is 0 Å². The molecule has 0 unspecified atom stereocenters. The third-order valence-electron chi connectivity index (χ3n) is 7.13. The van der Waals surface area contributed by atoms with E-state index in [1.54, 1.807) is 29.4 Å². The largest absolute Gasteiger partial charge is 0.342 e. The van der Waals surface area contributed by atoms with Crippen molar-refractivity contribution < 1.29 is 14.0 Å². The Labute approximate surface area is 191 Å². The fraction of sp³-hybridized carbons (Fsp3) is 0.360. The number of rotatable bonds is 4. The van der Waals surface area contributed by atoms with Gasteiger partial charge in [0.1, 0.15) is 18.5 Å². The highest BCUT2D eigenvalue weighted by molar-refractivity contribution is 5.95. The maximum Gasteiger partial charge on any atom is 0.253 e. The van der Waals surface area contributed by atoms with Crippen LogP contribution in [0.5, 0.6) is 0 Å². The van der Waals surface area contributed by atoms with Gasteiger partial charge in [-0.3, -0.25) is 14.2 Å². The molecule has 33 heavy (non-hydrogen) atoms. The van der Waals surface area contributed by atoms with Crippen LogP contribution in [-0.4, -0.2) is 62.6 Å². The molecule has 8 heteroatoms. The molecule has 1 atom stereocenters. The summed E-state index contributed by atoms with van der Waals surface area (Å²) >= 11 is 0. The smallest absolute Gasteiger partial charge is 0.253 e. The molecule has 7 nitrogen and oxygen atoms in total. The van der Waals surface area contributed by atoms with Crippen molar-refractivity contribution in [2.24, 2.45) is 5.41 Å². The van der Waals surface area contributed by atoms with Crippen molar-refractivity contribution in [2.45, 2.75) is 31.7 Å². The quantitative estimate of drug-likeness (QED) is 0.616. The lowest BCUT2D eigenvalue weighted by Gasteiger charge is -2.37. The van der Waals surface area contributed by atoms with Crippen molar-refractivity contribution in [1.29, 1.82) is 0 Å². The molecule has 0 saturated carbocycles. The molecule has 3 heterocycles. The van der Waals surface area contributed by atoms with Crippen LogP contribution in [0.25, 0.3) is 5.69 Å². The topological polar surface area (TPSA) is 71.3 Å². The van der Waals surface area contributed by atoms with Crippen molar-refractivity contribution in [2.75, 3.05) is 20.1 Å². The van der Waals surface area contributed by atoms with Crippen molar-refractivity contribution in [3.63, 3.8) is 0 Å². The molecular weight excluding hydrogens is 421 g/mol. The summed E-state index contributed by atoms with van der Waals surface area (Å²) in [5, 5.41) is 7.63. The minimum Gasteiger partial charge on any atom is -0.342 e. The van der Waals surface area contributed by atoms with Crippen molar-refractivity contribution >= 4 is 11.8 Å². The first-order valence-corrected chi connectivity index (χ1v) is 11.2. The Morgan fingerprint density at radius 1 is 1.09 bits per heavy atom. The van der Waals surface area contributed by atoms with Gasteiger partial charge in [-0.15, -0.1) is 10.2 Å². The number of likely N-dealkylation sites (tertiary alicyclic amines) is 2. The Morgan fingerprint density at radius 2 is 1.82 bits per heavy atom. The van der Waals surface area contributed by atoms with Crippen LogP contribution in [-0.2, 0) is 11.2 Å². The van der Waals surface area contributed by atoms with E-state index in [0.29, 0.717) is 37.9 Å². The van der Waals surface area contributed by atoms with E-state index in [2.05, 4.69) is 10.2 Å². The van der Waals surface area contributed by atoms with Crippen LogP contribution in [0.1, 0.15) is 35.2 Å². The van der Waals surface area contributed by atoms with Gasteiger partial charge in [-0.05, 0) is 61.6 Å². The molecule has 0 bridgehead atoms. The Hall–Kier alpha value is -3.55. The van der Waals surface area contributed by atoms with Gasteiger partial charge in [-0.1, -0.05) is 18.2 Å². The molecule has 2 aromatic carbocycles. The summed E-state index contributed by atoms with van der Waals surface area (Å²) < 4.78 is 15.4. The molecular formula is C25H26FN5O2. The lowest BCUT2D eigenvalue weighted by molar-refractivity contribution is -0.137. The number of likely N-dealkylation sites (N-methyl/N-ethyl adjacent to an activating group) is 1. The molecule has 170 valence electrons. The fourth-order valence-electron chi connectivity index (χ4n) is 5.23. The second kappa shape index (κ2) is 8.42. The molecule has 5 rings (SSSR count). The predicted octanol–water partition coefficient (Wildman–Crippen LogP) is 3.10. The van der Waals surface area contributed by atoms with Gasteiger partial charge < -0.3 is 9.80 Å². The van der Waals surface area contributed by atoms with Crippen LogP contribution >= 0.6 is 0 Å². The highest BCUT2D eigenvalue weighted by Crippen LogP contribution is 2.44. The number of amides is 2. The Kier molecular flexibility index (Phi) is 5.44. The summed E-state index contributed by atoms with van der Waals surface area (Å²) in [4.78, 5) is 30.0. The number of aromatic nitrogens is 3. The maximum atomic E-state index is 13.6. The summed E-state index contributed by atoms with van der Waals surface area (Å²) in [6.07, 6.45) is 5.86. The highest BCUT2D eigenvalue weighted by Gasteiger charge is 2.51. The summed E-state index contributed by atoms with van der Waals surface area (Å²) in [5.74, 6) is -0.144. The molecule has 2 aliphatic rings. The van der Waals surface area contributed by atoms with E-state index in [1.807, 2.05) is 47.2 Å². The lowest BCUT2D eigenvalue weighted by Crippen LogP contribution is -2.46. The van der Waals surface area contributed by atoms with Crippen molar-refractivity contribution in [3.05, 3.63) is 78.1 Å². The van der Waals surface area contributed by atoms with E-state index in [9.17, 15) is 14.0 Å².